The number of carbonyl (C=O) groups is 1. The first-order chi connectivity index (χ1) is 6.75. The van der Waals surface area contributed by atoms with E-state index >= 15 is 0 Å². The molecular formula is C9H14N4O. The van der Waals surface area contributed by atoms with Crippen molar-refractivity contribution in [2.45, 2.75) is 12.6 Å². The Hall–Kier alpha value is -1.33. The minimum absolute atomic E-state index is 0.0408. The Morgan fingerprint density at radius 1 is 1.71 bits per heavy atom. The smallest absolute Gasteiger partial charge is 0.252 e. The summed E-state index contributed by atoms with van der Waals surface area (Å²) in [6.07, 6.45) is 1.87. The number of hydrogen-bond donors (Lipinski definition) is 3. The van der Waals surface area contributed by atoms with Crippen molar-refractivity contribution in [3.8, 4) is 0 Å². The maximum atomic E-state index is 11.3. The van der Waals surface area contributed by atoms with E-state index in [1.165, 1.54) is 0 Å². The summed E-state index contributed by atoms with van der Waals surface area (Å²) in [5, 5.41) is 4.97. The van der Waals surface area contributed by atoms with E-state index in [1.54, 1.807) is 5.01 Å². The summed E-state index contributed by atoms with van der Waals surface area (Å²) in [6, 6.07) is 3.82. The molecule has 1 atom stereocenters. The zero-order valence-electron chi connectivity index (χ0n) is 8.08. The third kappa shape index (κ3) is 1.94. The van der Waals surface area contributed by atoms with Crippen molar-refractivity contribution in [1.29, 1.82) is 0 Å². The summed E-state index contributed by atoms with van der Waals surface area (Å²) >= 11 is 0. The molecule has 1 unspecified atom stereocenters. The van der Waals surface area contributed by atoms with E-state index in [1.807, 2.05) is 25.4 Å². The van der Waals surface area contributed by atoms with Crippen molar-refractivity contribution < 1.29 is 4.79 Å². The molecule has 0 spiro atoms. The van der Waals surface area contributed by atoms with Gasteiger partial charge >= 0.3 is 0 Å². The van der Waals surface area contributed by atoms with Crippen LogP contribution in [0.1, 0.15) is 5.69 Å². The molecule has 0 bridgehead atoms. The fraction of sp³-hybridized carbons (Fsp3) is 0.444. The largest absolute Gasteiger partial charge is 0.364 e. The summed E-state index contributed by atoms with van der Waals surface area (Å²) in [4.78, 5) is 14.4. The first kappa shape index (κ1) is 9.23. The lowest BCUT2D eigenvalue weighted by atomic mass is 10.3. The number of amides is 1. The molecule has 5 heteroatoms. The lowest BCUT2D eigenvalue weighted by Gasteiger charge is -2.08. The van der Waals surface area contributed by atoms with Crippen molar-refractivity contribution in [3.05, 3.63) is 24.0 Å². The standard InChI is InChI=1S/C9H14N4O/c1-13-6-8(9(14)12-13)11-5-7-3-2-4-10-7/h2-4,8,10-11H,5-6H2,1H3,(H,12,14). The molecule has 3 N–H and O–H groups in total. The van der Waals surface area contributed by atoms with Gasteiger partial charge in [-0.3, -0.25) is 15.5 Å². The quantitative estimate of drug-likeness (QED) is 0.605. The second-order valence-electron chi connectivity index (χ2n) is 3.49. The number of nitrogens with zero attached hydrogens (tertiary/aromatic N) is 1. The predicted molar refractivity (Wildman–Crippen MR) is 52.2 cm³/mol. The molecule has 0 aliphatic carbocycles. The number of hydrazine groups is 1. The van der Waals surface area contributed by atoms with Crippen LogP contribution in [0, 0.1) is 0 Å². The van der Waals surface area contributed by atoms with E-state index in [-0.39, 0.29) is 11.9 Å². The topological polar surface area (TPSA) is 60.2 Å². The Bertz CT molecular complexity index is 309. The fourth-order valence-corrected chi connectivity index (χ4v) is 1.54. The zero-order valence-corrected chi connectivity index (χ0v) is 8.08. The van der Waals surface area contributed by atoms with Crippen LogP contribution < -0.4 is 10.7 Å². The van der Waals surface area contributed by atoms with Crippen molar-refractivity contribution in [1.82, 2.24) is 20.7 Å². The maximum Gasteiger partial charge on any atom is 0.252 e. The monoisotopic (exact) mass is 194 g/mol. The van der Waals surface area contributed by atoms with E-state index in [4.69, 9.17) is 0 Å². The normalized spacial score (nSPS) is 22.6. The van der Waals surface area contributed by atoms with Gasteiger partial charge < -0.3 is 4.98 Å². The van der Waals surface area contributed by atoms with Crippen LogP contribution in [-0.4, -0.2) is 35.5 Å². The first-order valence-corrected chi connectivity index (χ1v) is 4.63. The number of H-pyrrole nitrogens is 1. The van der Waals surface area contributed by atoms with Gasteiger partial charge in [-0.2, -0.15) is 0 Å². The Labute approximate surface area is 82.5 Å². The average Bonchev–Trinajstić information content (AvgIpc) is 2.72. The number of likely N-dealkylation sites (N-methyl/N-ethyl adjacent to an activating group) is 1. The fourth-order valence-electron chi connectivity index (χ4n) is 1.54. The molecule has 1 fully saturated rings. The number of rotatable bonds is 3. The molecule has 1 aliphatic heterocycles. The Balaban J connectivity index is 1.84. The van der Waals surface area contributed by atoms with Gasteiger partial charge in [-0.15, -0.1) is 0 Å². The van der Waals surface area contributed by atoms with E-state index in [2.05, 4.69) is 15.7 Å². The van der Waals surface area contributed by atoms with Crippen LogP contribution in [0.3, 0.4) is 0 Å². The molecule has 1 aromatic rings. The average molecular weight is 194 g/mol. The summed E-state index contributed by atoms with van der Waals surface area (Å²) < 4.78 is 0. The predicted octanol–water partition coefficient (Wildman–Crippen LogP) is -0.551. The third-order valence-corrected chi connectivity index (χ3v) is 2.28. The van der Waals surface area contributed by atoms with Gasteiger partial charge in [0, 0.05) is 32.0 Å². The molecule has 1 amide bonds. The SMILES string of the molecule is CN1CC(NCc2ccc[nH]2)C(=O)N1. The van der Waals surface area contributed by atoms with Gasteiger partial charge in [-0.25, -0.2) is 5.01 Å². The van der Waals surface area contributed by atoms with Crippen LogP contribution >= 0.6 is 0 Å². The number of nitrogens with one attached hydrogen (secondary N) is 3. The van der Waals surface area contributed by atoms with Gasteiger partial charge in [0.05, 0.1) is 0 Å². The summed E-state index contributed by atoms with van der Waals surface area (Å²) in [6.45, 7) is 1.40. The molecule has 1 saturated heterocycles. The molecule has 1 aliphatic rings. The number of aromatic amines is 1. The Kier molecular flexibility index (Phi) is 2.51. The maximum absolute atomic E-state index is 11.3. The van der Waals surface area contributed by atoms with Crippen LogP contribution in [0.4, 0.5) is 0 Å². The molecule has 2 rings (SSSR count). The second kappa shape index (κ2) is 3.81. The molecule has 1 aromatic heterocycles. The van der Waals surface area contributed by atoms with Gasteiger partial charge in [0.25, 0.3) is 5.91 Å². The highest BCUT2D eigenvalue weighted by Crippen LogP contribution is 1.99. The highest BCUT2D eigenvalue weighted by molar-refractivity contribution is 5.83. The second-order valence-corrected chi connectivity index (χ2v) is 3.49. The van der Waals surface area contributed by atoms with Crippen molar-refractivity contribution in [2.75, 3.05) is 13.6 Å². The molecule has 2 heterocycles. The highest BCUT2D eigenvalue weighted by Gasteiger charge is 2.27. The lowest BCUT2D eigenvalue weighted by molar-refractivity contribution is -0.122. The molecule has 0 saturated carbocycles. The van der Waals surface area contributed by atoms with E-state index in [9.17, 15) is 4.79 Å². The van der Waals surface area contributed by atoms with Gasteiger partial charge in [0.15, 0.2) is 0 Å². The first-order valence-electron chi connectivity index (χ1n) is 4.63. The Morgan fingerprint density at radius 2 is 2.57 bits per heavy atom. The van der Waals surface area contributed by atoms with E-state index < -0.39 is 0 Å². The van der Waals surface area contributed by atoms with E-state index in [0.717, 1.165) is 5.69 Å². The van der Waals surface area contributed by atoms with E-state index in [0.29, 0.717) is 13.1 Å². The molecule has 14 heavy (non-hydrogen) atoms. The van der Waals surface area contributed by atoms with Crippen molar-refractivity contribution in [2.24, 2.45) is 0 Å². The van der Waals surface area contributed by atoms with Crippen LogP contribution in [0.2, 0.25) is 0 Å². The van der Waals surface area contributed by atoms with Crippen LogP contribution in [0.5, 0.6) is 0 Å². The molecule has 0 radical (unpaired) electrons. The van der Waals surface area contributed by atoms with Crippen molar-refractivity contribution in [3.63, 3.8) is 0 Å². The lowest BCUT2D eigenvalue weighted by Crippen LogP contribution is -2.37. The van der Waals surface area contributed by atoms with Crippen LogP contribution in [0.15, 0.2) is 18.3 Å². The number of carbonyl (C=O) groups excluding carboxylic acids is 1. The number of aromatic nitrogens is 1. The molecule has 76 valence electrons. The molecule has 0 aromatic carbocycles. The van der Waals surface area contributed by atoms with Crippen LogP contribution in [0.25, 0.3) is 0 Å². The minimum Gasteiger partial charge on any atom is -0.364 e. The summed E-state index contributed by atoms with van der Waals surface area (Å²) in [7, 11) is 1.86. The molecular weight excluding hydrogens is 180 g/mol. The van der Waals surface area contributed by atoms with Crippen molar-refractivity contribution >= 4 is 5.91 Å². The minimum atomic E-state index is -0.108. The molecule has 5 nitrogen and oxygen atoms in total. The van der Waals surface area contributed by atoms with Gasteiger partial charge in [-0.1, -0.05) is 0 Å². The van der Waals surface area contributed by atoms with Gasteiger partial charge in [0.1, 0.15) is 6.04 Å². The van der Waals surface area contributed by atoms with Gasteiger partial charge in [0.2, 0.25) is 0 Å². The number of hydrogen-bond acceptors (Lipinski definition) is 3. The Morgan fingerprint density at radius 3 is 3.14 bits per heavy atom. The highest BCUT2D eigenvalue weighted by atomic mass is 16.2. The third-order valence-electron chi connectivity index (χ3n) is 2.28. The van der Waals surface area contributed by atoms with Gasteiger partial charge in [-0.05, 0) is 12.1 Å². The zero-order chi connectivity index (χ0) is 9.97. The summed E-state index contributed by atoms with van der Waals surface area (Å²) in [5.41, 5.74) is 3.81. The van der Waals surface area contributed by atoms with Crippen LogP contribution in [-0.2, 0) is 11.3 Å². The summed E-state index contributed by atoms with van der Waals surface area (Å²) in [5.74, 6) is 0.0408.